The molecule has 0 bridgehead atoms. The molecule has 0 radical (unpaired) electrons. The smallest absolute Gasteiger partial charge is 0.242 e. The van der Waals surface area contributed by atoms with Gasteiger partial charge in [0.05, 0.1) is 17.3 Å². The molecule has 0 saturated heterocycles. The first-order valence-electron chi connectivity index (χ1n) is 5.27. The quantitative estimate of drug-likeness (QED) is 0.879. The molecule has 0 aromatic carbocycles. The Bertz CT molecular complexity index is 671. The molecule has 2 aromatic rings. The fourth-order valence-electron chi connectivity index (χ4n) is 1.45. The Morgan fingerprint density at radius 2 is 2.16 bits per heavy atom. The van der Waals surface area contributed by atoms with Crippen LogP contribution in [0, 0.1) is 0 Å². The third kappa shape index (κ3) is 3.27. The van der Waals surface area contributed by atoms with Crippen molar-refractivity contribution in [3.05, 3.63) is 46.6 Å². The first kappa shape index (κ1) is 14.3. The molecular weight excluding hydrogens is 311 g/mol. The molecule has 2 heterocycles. The molecule has 1 atom stereocenters. The summed E-state index contributed by atoms with van der Waals surface area (Å²) in [5.74, 6) is 0.511. The fourth-order valence-corrected chi connectivity index (χ4v) is 2.96. The van der Waals surface area contributed by atoms with Crippen molar-refractivity contribution >= 4 is 33.2 Å². The molecule has 5 nitrogen and oxygen atoms in total. The molecule has 0 aliphatic carbocycles. The van der Waals surface area contributed by atoms with E-state index in [-0.39, 0.29) is 15.1 Å². The van der Waals surface area contributed by atoms with Gasteiger partial charge in [-0.2, -0.15) is 0 Å². The number of hydrogen-bond acceptors (Lipinski definition) is 4. The molecule has 2 rings (SSSR count). The summed E-state index contributed by atoms with van der Waals surface area (Å²) in [4.78, 5) is 3.65. The second-order valence-electron chi connectivity index (χ2n) is 3.80. The summed E-state index contributed by atoms with van der Waals surface area (Å²) in [7, 11) is -3.74. The number of aromatic nitrogens is 1. The zero-order valence-electron chi connectivity index (χ0n) is 9.80. The van der Waals surface area contributed by atoms with Crippen molar-refractivity contribution in [2.75, 3.05) is 0 Å². The summed E-state index contributed by atoms with van der Waals surface area (Å²) < 4.78 is 31.8. The number of sulfonamides is 1. The van der Waals surface area contributed by atoms with Crippen LogP contribution in [0.1, 0.15) is 18.7 Å². The summed E-state index contributed by atoms with van der Waals surface area (Å²) in [6.07, 6.45) is 2.62. The van der Waals surface area contributed by atoms with Gasteiger partial charge >= 0.3 is 0 Å². The van der Waals surface area contributed by atoms with Crippen molar-refractivity contribution in [3.8, 4) is 0 Å². The maximum atomic E-state index is 12.1. The zero-order valence-corrected chi connectivity index (χ0v) is 12.1. The first-order valence-corrected chi connectivity index (χ1v) is 7.51. The largest absolute Gasteiger partial charge is 0.468 e. The average Bonchev–Trinajstić information content (AvgIpc) is 2.85. The number of pyridine rings is 1. The predicted octanol–water partition coefficient (Wildman–Crippen LogP) is 3.02. The van der Waals surface area contributed by atoms with E-state index in [4.69, 9.17) is 27.6 Å². The van der Waals surface area contributed by atoms with Crippen LogP contribution in [-0.4, -0.2) is 13.4 Å². The lowest BCUT2D eigenvalue weighted by molar-refractivity contribution is 0.459. The van der Waals surface area contributed by atoms with Gasteiger partial charge in [-0.25, -0.2) is 18.1 Å². The minimum Gasteiger partial charge on any atom is -0.468 e. The number of hydrogen-bond donors (Lipinski definition) is 1. The maximum absolute atomic E-state index is 12.1. The molecule has 0 aliphatic rings. The third-order valence-electron chi connectivity index (χ3n) is 2.38. The van der Waals surface area contributed by atoms with Crippen molar-refractivity contribution in [2.45, 2.75) is 17.9 Å². The highest BCUT2D eigenvalue weighted by atomic mass is 35.5. The molecule has 102 valence electrons. The highest BCUT2D eigenvalue weighted by Crippen LogP contribution is 2.23. The molecule has 0 amide bonds. The van der Waals surface area contributed by atoms with Crippen molar-refractivity contribution in [1.82, 2.24) is 9.71 Å². The summed E-state index contributed by atoms with van der Waals surface area (Å²) in [5, 5.41) is 0.134. The lowest BCUT2D eigenvalue weighted by Crippen LogP contribution is -2.26. The molecular formula is C11H10Cl2N2O3S. The van der Waals surface area contributed by atoms with Gasteiger partial charge < -0.3 is 4.42 Å². The van der Waals surface area contributed by atoms with E-state index >= 15 is 0 Å². The van der Waals surface area contributed by atoms with Gasteiger partial charge in [0, 0.05) is 6.20 Å². The fraction of sp³-hybridized carbons (Fsp3) is 0.182. The number of halogens is 2. The first-order chi connectivity index (χ1) is 8.90. The SMILES string of the molecule is CC(NS(=O)(=O)c1cnc(Cl)c(Cl)c1)c1ccco1. The molecule has 19 heavy (non-hydrogen) atoms. The Labute approximate surface area is 120 Å². The van der Waals surface area contributed by atoms with Gasteiger partial charge in [-0.15, -0.1) is 0 Å². The Morgan fingerprint density at radius 3 is 2.74 bits per heavy atom. The van der Waals surface area contributed by atoms with Crippen LogP contribution >= 0.6 is 23.2 Å². The van der Waals surface area contributed by atoms with Gasteiger partial charge in [0.25, 0.3) is 0 Å². The standard InChI is InChI=1S/C11H10Cl2N2O3S/c1-7(10-3-2-4-18-10)15-19(16,17)8-5-9(12)11(13)14-6-8/h2-7,15H,1H3. The van der Waals surface area contributed by atoms with E-state index in [0.29, 0.717) is 5.76 Å². The second-order valence-corrected chi connectivity index (χ2v) is 6.28. The van der Waals surface area contributed by atoms with Gasteiger partial charge in [-0.3, -0.25) is 0 Å². The maximum Gasteiger partial charge on any atom is 0.242 e. The van der Waals surface area contributed by atoms with Crippen molar-refractivity contribution < 1.29 is 12.8 Å². The predicted molar refractivity (Wildman–Crippen MR) is 71.7 cm³/mol. The normalized spacial score (nSPS) is 13.4. The van der Waals surface area contributed by atoms with Crippen molar-refractivity contribution in [2.24, 2.45) is 0 Å². The van der Waals surface area contributed by atoms with E-state index in [1.807, 2.05) is 0 Å². The zero-order chi connectivity index (χ0) is 14.0. The second kappa shape index (κ2) is 5.50. The minimum absolute atomic E-state index is 0.0553. The van der Waals surface area contributed by atoms with Gasteiger partial charge in [-0.1, -0.05) is 23.2 Å². The van der Waals surface area contributed by atoms with Crippen LogP contribution in [0.25, 0.3) is 0 Å². The van der Waals surface area contributed by atoms with Crippen molar-refractivity contribution in [1.29, 1.82) is 0 Å². The van der Waals surface area contributed by atoms with E-state index < -0.39 is 16.1 Å². The molecule has 1 unspecified atom stereocenters. The lowest BCUT2D eigenvalue weighted by Gasteiger charge is -2.12. The summed E-state index contributed by atoms with van der Waals surface area (Å²) in [6.45, 7) is 1.67. The van der Waals surface area contributed by atoms with E-state index in [9.17, 15) is 8.42 Å². The highest BCUT2D eigenvalue weighted by Gasteiger charge is 2.21. The van der Waals surface area contributed by atoms with Crippen LogP contribution < -0.4 is 4.72 Å². The molecule has 2 aromatic heterocycles. The van der Waals surface area contributed by atoms with E-state index in [0.717, 1.165) is 6.20 Å². The molecule has 8 heteroatoms. The van der Waals surface area contributed by atoms with Crippen molar-refractivity contribution in [3.63, 3.8) is 0 Å². The number of nitrogens with one attached hydrogen (secondary N) is 1. The average molecular weight is 321 g/mol. The Morgan fingerprint density at radius 1 is 1.42 bits per heavy atom. The molecule has 0 saturated carbocycles. The van der Waals surface area contributed by atoms with Gasteiger partial charge in [0.1, 0.15) is 15.8 Å². The lowest BCUT2D eigenvalue weighted by atomic mass is 10.3. The van der Waals surface area contributed by atoms with Crippen LogP contribution in [0.2, 0.25) is 10.2 Å². The monoisotopic (exact) mass is 320 g/mol. The van der Waals surface area contributed by atoms with Gasteiger partial charge in [0.15, 0.2) is 0 Å². The summed E-state index contributed by atoms with van der Waals surface area (Å²) in [5.41, 5.74) is 0. The van der Waals surface area contributed by atoms with Crippen LogP contribution in [0.15, 0.2) is 40.0 Å². The topological polar surface area (TPSA) is 72.2 Å². The summed E-state index contributed by atoms with van der Waals surface area (Å²) in [6, 6.07) is 4.10. The molecule has 0 fully saturated rings. The number of furan rings is 1. The van der Waals surface area contributed by atoms with Crippen LogP contribution in [0.5, 0.6) is 0 Å². The Balaban J connectivity index is 2.25. The molecule has 0 aliphatic heterocycles. The van der Waals surface area contributed by atoms with E-state index in [2.05, 4.69) is 9.71 Å². The third-order valence-corrected chi connectivity index (χ3v) is 4.58. The van der Waals surface area contributed by atoms with E-state index in [1.54, 1.807) is 19.1 Å². The Hall–Kier alpha value is -1.08. The van der Waals surface area contributed by atoms with E-state index in [1.165, 1.54) is 12.3 Å². The molecule has 1 N–H and O–H groups in total. The number of nitrogens with zero attached hydrogens (tertiary/aromatic N) is 1. The van der Waals surface area contributed by atoms with Gasteiger partial charge in [-0.05, 0) is 25.1 Å². The van der Waals surface area contributed by atoms with Crippen LogP contribution in [0.4, 0.5) is 0 Å². The minimum atomic E-state index is -3.74. The Kier molecular flexibility index (Phi) is 4.15. The highest BCUT2D eigenvalue weighted by molar-refractivity contribution is 7.89. The number of rotatable bonds is 4. The molecule has 0 spiro atoms. The summed E-state index contributed by atoms with van der Waals surface area (Å²) >= 11 is 11.4. The van der Waals surface area contributed by atoms with Crippen LogP contribution in [0.3, 0.4) is 0 Å². The van der Waals surface area contributed by atoms with Gasteiger partial charge in [0.2, 0.25) is 10.0 Å². The van der Waals surface area contributed by atoms with Crippen LogP contribution in [-0.2, 0) is 10.0 Å².